The Balaban J connectivity index is 1.87. The highest BCUT2D eigenvalue weighted by molar-refractivity contribution is 5.97. The molecule has 5 nitrogen and oxygen atoms in total. The Morgan fingerprint density at radius 3 is 2.17 bits per heavy atom. The number of aryl methyl sites for hydroxylation is 4. The van der Waals surface area contributed by atoms with Gasteiger partial charge in [-0.1, -0.05) is 79.6 Å². The molecule has 0 saturated carbocycles. The van der Waals surface area contributed by atoms with Crippen LogP contribution in [0.1, 0.15) is 70.9 Å². The van der Waals surface area contributed by atoms with Gasteiger partial charge < -0.3 is 15.2 Å². The summed E-state index contributed by atoms with van der Waals surface area (Å²) in [7, 11) is 0. The number of carbonyl (C=O) groups excluding carboxylic acids is 1. The first-order chi connectivity index (χ1) is 17.2. The Morgan fingerprint density at radius 1 is 0.861 bits per heavy atom. The van der Waals surface area contributed by atoms with Crippen LogP contribution in [0.5, 0.6) is 5.75 Å². The molecule has 3 aromatic carbocycles. The monoisotopic (exact) mass is 487 g/mol. The lowest BCUT2D eigenvalue weighted by molar-refractivity contribution is -0.139. The summed E-state index contributed by atoms with van der Waals surface area (Å²) < 4.78 is 5.50. The first kappa shape index (κ1) is 27.0. The van der Waals surface area contributed by atoms with E-state index in [0.717, 1.165) is 47.9 Å². The minimum atomic E-state index is -1.08. The topological polar surface area (TPSA) is 75.6 Å². The molecule has 5 heteroatoms. The smallest absolute Gasteiger partial charge is 0.341 e. The second-order valence-electron chi connectivity index (χ2n) is 9.92. The number of hydrogen-bond acceptors (Lipinski definition) is 3. The molecule has 1 amide bonds. The SMILES string of the molecule is Cc1cc(C)cc([C@@H](CCC(C)C)NC(=O)c2cc(CCc3ccccc3)ccc2OCC(=O)O)c1. The second-order valence-corrected chi connectivity index (χ2v) is 9.92. The average molecular weight is 488 g/mol. The number of carboxylic acid groups (broad SMARTS) is 1. The lowest BCUT2D eigenvalue weighted by atomic mass is 9.94. The van der Waals surface area contributed by atoms with Gasteiger partial charge in [0.1, 0.15) is 5.75 Å². The van der Waals surface area contributed by atoms with Gasteiger partial charge in [0.25, 0.3) is 5.91 Å². The summed E-state index contributed by atoms with van der Waals surface area (Å²) in [5, 5.41) is 12.3. The van der Waals surface area contributed by atoms with Crippen molar-refractivity contribution >= 4 is 11.9 Å². The number of amides is 1. The molecule has 0 bridgehead atoms. The van der Waals surface area contributed by atoms with Crippen molar-refractivity contribution in [3.8, 4) is 5.75 Å². The average Bonchev–Trinajstić information content (AvgIpc) is 2.84. The van der Waals surface area contributed by atoms with Gasteiger partial charge in [-0.25, -0.2) is 4.79 Å². The molecule has 0 aliphatic carbocycles. The predicted molar refractivity (Wildman–Crippen MR) is 144 cm³/mol. The summed E-state index contributed by atoms with van der Waals surface area (Å²) in [6.45, 7) is 7.97. The van der Waals surface area contributed by atoms with Crippen LogP contribution in [-0.2, 0) is 17.6 Å². The van der Waals surface area contributed by atoms with Gasteiger partial charge >= 0.3 is 5.97 Å². The molecule has 190 valence electrons. The Labute approximate surface area is 214 Å². The van der Waals surface area contributed by atoms with E-state index in [0.29, 0.717) is 11.5 Å². The van der Waals surface area contributed by atoms with Crippen molar-refractivity contribution < 1.29 is 19.4 Å². The highest BCUT2D eigenvalue weighted by Crippen LogP contribution is 2.27. The van der Waals surface area contributed by atoms with Crippen LogP contribution in [0.2, 0.25) is 0 Å². The van der Waals surface area contributed by atoms with Crippen molar-refractivity contribution in [2.24, 2.45) is 5.92 Å². The van der Waals surface area contributed by atoms with E-state index in [-0.39, 0.29) is 17.7 Å². The maximum absolute atomic E-state index is 13.6. The highest BCUT2D eigenvalue weighted by atomic mass is 16.5. The van der Waals surface area contributed by atoms with Gasteiger partial charge in [-0.2, -0.15) is 0 Å². The number of aliphatic carboxylic acids is 1. The third kappa shape index (κ3) is 8.26. The van der Waals surface area contributed by atoms with Crippen LogP contribution in [0.15, 0.2) is 66.7 Å². The number of benzene rings is 3. The number of rotatable bonds is 12. The molecule has 0 spiro atoms. The van der Waals surface area contributed by atoms with Crippen LogP contribution in [0.25, 0.3) is 0 Å². The Hall–Kier alpha value is -3.60. The summed E-state index contributed by atoms with van der Waals surface area (Å²) in [4.78, 5) is 24.7. The van der Waals surface area contributed by atoms with Crippen molar-refractivity contribution in [2.75, 3.05) is 6.61 Å². The summed E-state index contributed by atoms with van der Waals surface area (Å²) >= 11 is 0. The second kappa shape index (κ2) is 12.9. The number of hydrogen-bond donors (Lipinski definition) is 2. The van der Waals surface area contributed by atoms with Crippen LogP contribution < -0.4 is 10.1 Å². The predicted octanol–water partition coefficient (Wildman–Crippen LogP) is 6.46. The van der Waals surface area contributed by atoms with Gasteiger partial charge in [-0.3, -0.25) is 4.79 Å². The quantitative estimate of drug-likeness (QED) is 0.307. The van der Waals surface area contributed by atoms with Crippen LogP contribution >= 0.6 is 0 Å². The van der Waals surface area contributed by atoms with Crippen LogP contribution in [-0.4, -0.2) is 23.6 Å². The molecule has 36 heavy (non-hydrogen) atoms. The van der Waals surface area contributed by atoms with Crippen LogP contribution in [0.3, 0.4) is 0 Å². The highest BCUT2D eigenvalue weighted by Gasteiger charge is 2.21. The van der Waals surface area contributed by atoms with E-state index in [1.165, 1.54) is 5.56 Å². The molecule has 3 aromatic rings. The van der Waals surface area contributed by atoms with Crippen molar-refractivity contribution in [3.05, 3.63) is 100 Å². The molecule has 0 aliphatic rings. The van der Waals surface area contributed by atoms with Crippen molar-refractivity contribution in [1.82, 2.24) is 5.32 Å². The molecule has 0 aliphatic heterocycles. The lowest BCUT2D eigenvalue weighted by Gasteiger charge is -2.22. The minimum absolute atomic E-state index is 0.154. The first-order valence-corrected chi connectivity index (χ1v) is 12.6. The molecule has 0 fully saturated rings. The fraction of sp³-hybridized carbons (Fsp3) is 0.355. The summed E-state index contributed by atoms with van der Waals surface area (Å²) in [6.07, 6.45) is 3.39. The van der Waals surface area contributed by atoms with Crippen molar-refractivity contribution in [3.63, 3.8) is 0 Å². The van der Waals surface area contributed by atoms with Gasteiger partial charge in [0.15, 0.2) is 6.61 Å². The van der Waals surface area contributed by atoms with E-state index in [2.05, 4.69) is 63.3 Å². The molecule has 3 rings (SSSR count). The number of carboxylic acids is 1. The zero-order valence-electron chi connectivity index (χ0n) is 21.7. The fourth-order valence-electron chi connectivity index (χ4n) is 4.38. The zero-order chi connectivity index (χ0) is 26.1. The van der Waals surface area contributed by atoms with Gasteiger partial charge in [0, 0.05) is 0 Å². The molecule has 0 radical (unpaired) electrons. The Kier molecular flexibility index (Phi) is 9.69. The zero-order valence-corrected chi connectivity index (χ0v) is 21.7. The number of nitrogens with one attached hydrogen (secondary N) is 1. The third-order valence-corrected chi connectivity index (χ3v) is 6.17. The number of ether oxygens (including phenoxy) is 1. The third-order valence-electron chi connectivity index (χ3n) is 6.17. The first-order valence-electron chi connectivity index (χ1n) is 12.6. The number of carbonyl (C=O) groups is 2. The van der Waals surface area contributed by atoms with E-state index in [1.54, 1.807) is 6.07 Å². The van der Waals surface area contributed by atoms with E-state index in [4.69, 9.17) is 9.84 Å². The summed E-state index contributed by atoms with van der Waals surface area (Å²) in [5.74, 6) is -0.558. The maximum Gasteiger partial charge on any atom is 0.341 e. The largest absolute Gasteiger partial charge is 0.481 e. The van der Waals surface area contributed by atoms with Crippen LogP contribution in [0, 0.1) is 19.8 Å². The maximum atomic E-state index is 13.6. The molecule has 0 unspecified atom stereocenters. The summed E-state index contributed by atoms with van der Waals surface area (Å²) in [5.41, 5.74) is 5.97. The van der Waals surface area contributed by atoms with E-state index in [9.17, 15) is 9.59 Å². The lowest BCUT2D eigenvalue weighted by Crippen LogP contribution is -2.29. The van der Waals surface area contributed by atoms with Gasteiger partial charge in [-0.15, -0.1) is 0 Å². The minimum Gasteiger partial charge on any atom is -0.481 e. The van der Waals surface area contributed by atoms with E-state index >= 15 is 0 Å². The van der Waals surface area contributed by atoms with E-state index < -0.39 is 12.6 Å². The Bertz CT molecular complexity index is 1150. The molecule has 0 saturated heterocycles. The van der Waals surface area contributed by atoms with Gasteiger partial charge in [-0.05, 0) is 74.3 Å². The molecule has 1 atom stereocenters. The molecular formula is C31H37NO4. The van der Waals surface area contributed by atoms with Crippen molar-refractivity contribution in [1.29, 1.82) is 0 Å². The van der Waals surface area contributed by atoms with Crippen LogP contribution in [0.4, 0.5) is 0 Å². The van der Waals surface area contributed by atoms with E-state index in [1.807, 2.05) is 30.3 Å². The van der Waals surface area contributed by atoms with Gasteiger partial charge in [0.2, 0.25) is 0 Å². The summed E-state index contributed by atoms with van der Waals surface area (Å²) in [6, 6.07) is 21.8. The molecule has 0 aromatic heterocycles. The fourth-order valence-corrected chi connectivity index (χ4v) is 4.38. The van der Waals surface area contributed by atoms with Gasteiger partial charge in [0.05, 0.1) is 11.6 Å². The van der Waals surface area contributed by atoms with Crippen molar-refractivity contribution in [2.45, 2.75) is 59.4 Å². The molecule has 0 heterocycles. The standard InChI is InChI=1S/C31H37NO4/c1-21(2)10-14-28(26-17-22(3)16-23(4)18-26)32-31(35)27-19-25(12-11-24-8-6-5-7-9-24)13-15-29(27)36-20-30(33)34/h5-9,13,15-19,21,28H,10-12,14,20H2,1-4H3,(H,32,35)(H,33,34)/t28-/m1/s1. The Morgan fingerprint density at radius 2 is 1.53 bits per heavy atom. The molecular weight excluding hydrogens is 450 g/mol. The molecule has 2 N–H and O–H groups in total. The normalized spacial score (nSPS) is 11.8.